The van der Waals surface area contributed by atoms with Gasteiger partial charge < -0.3 is 42.5 Å². The Morgan fingerprint density at radius 3 is 0.596 bits per heavy atom. The Labute approximate surface area is 315 Å². The standard InChI is InChI=1S/C40H72N12/c1-5-39(6-2-37(1)33-49-25-17-43-13-9-41-10-14-44-18-26-49)35-51-29-21-47-23-31-52(32-24-48-22-30-51)36-40-7-3-38(4-8-40)34-50-27-19-45-15-11-42-12-16-46-20-28-50/h1-8,41-48H,9-36H2. The van der Waals surface area contributed by atoms with Crippen molar-refractivity contribution in [3.05, 3.63) is 70.8 Å². The van der Waals surface area contributed by atoms with Crippen molar-refractivity contribution < 1.29 is 0 Å². The van der Waals surface area contributed by atoms with E-state index < -0.39 is 0 Å². The molecule has 0 aromatic heterocycles. The van der Waals surface area contributed by atoms with Crippen molar-refractivity contribution in [3.63, 3.8) is 0 Å². The fourth-order valence-corrected chi connectivity index (χ4v) is 7.22. The zero-order valence-corrected chi connectivity index (χ0v) is 32.2. The largest absolute Gasteiger partial charge is 0.314 e. The summed E-state index contributed by atoms with van der Waals surface area (Å²) in [5.74, 6) is 0. The van der Waals surface area contributed by atoms with E-state index in [1.165, 1.54) is 22.3 Å². The molecule has 0 saturated carbocycles. The van der Waals surface area contributed by atoms with Crippen LogP contribution in [0.2, 0.25) is 0 Å². The summed E-state index contributed by atoms with van der Waals surface area (Å²) in [6.45, 7) is 29.1. The zero-order valence-electron chi connectivity index (χ0n) is 32.2. The van der Waals surface area contributed by atoms with Crippen LogP contribution in [0.4, 0.5) is 0 Å². The van der Waals surface area contributed by atoms with Gasteiger partial charge in [0.15, 0.2) is 0 Å². The van der Waals surface area contributed by atoms with E-state index in [2.05, 4.69) is 111 Å². The molecule has 3 aliphatic heterocycles. The number of nitrogens with zero attached hydrogens (tertiary/aromatic N) is 4. The van der Waals surface area contributed by atoms with Crippen LogP contribution in [0.5, 0.6) is 0 Å². The highest BCUT2D eigenvalue weighted by atomic mass is 15.2. The summed E-state index contributed by atoms with van der Waals surface area (Å²) in [6.07, 6.45) is 0. The lowest BCUT2D eigenvalue weighted by Gasteiger charge is -2.27. The fraction of sp³-hybridized carbons (Fsp3) is 0.700. The third-order valence-corrected chi connectivity index (χ3v) is 10.4. The molecular formula is C40H72N12. The lowest BCUT2D eigenvalue weighted by atomic mass is 10.1. The van der Waals surface area contributed by atoms with Gasteiger partial charge in [-0.1, -0.05) is 48.5 Å². The van der Waals surface area contributed by atoms with Crippen molar-refractivity contribution in [2.75, 3.05) is 157 Å². The Hall–Kier alpha value is -2.04. The molecule has 3 saturated heterocycles. The molecule has 12 heteroatoms. The van der Waals surface area contributed by atoms with Crippen molar-refractivity contribution in [1.29, 1.82) is 0 Å². The summed E-state index contributed by atoms with van der Waals surface area (Å²) in [6, 6.07) is 18.8. The van der Waals surface area contributed by atoms with E-state index in [0.717, 1.165) is 183 Å². The molecule has 0 amide bonds. The first-order valence-corrected chi connectivity index (χ1v) is 20.5. The molecule has 0 bridgehead atoms. The maximum atomic E-state index is 3.75. The van der Waals surface area contributed by atoms with Gasteiger partial charge in [0.2, 0.25) is 0 Å². The van der Waals surface area contributed by atoms with Crippen molar-refractivity contribution in [2.45, 2.75) is 26.2 Å². The van der Waals surface area contributed by atoms with Crippen LogP contribution in [0.3, 0.4) is 0 Å². The highest BCUT2D eigenvalue weighted by Crippen LogP contribution is 2.12. The molecule has 2 aromatic carbocycles. The first-order valence-electron chi connectivity index (χ1n) is 20.5. The minimum atomic E-state index is 1.00. The number of hydrogen-bond acceptors (Lipinski definition) is 12. The smallest absolute Gasteiger partial charge is 0.0234 e. The molecule has 0 radical (unpaired) electrons. The Bertz CT molecular complexity index is 1040. The Kier molecular flexibility index (Phi) is 20.5. The maximum Gasteiger partial charge on any atom is 0.0234 e. The third-order valence-electron chi connectivity index (χ3n) is 10.4. The van der Waals surface area contributed by atoms with E-state index in [1.54, 1.807) is 0 Å². The van der Waals surface area contributed by atoms with Crippen LogP contribution in [0, 0.1) is 0 Å². The van der Waals surface area contributed by atoms with Gasteiger partial charge in [-0.2, -0.15) is 0 Å². The first kappa shape index (κ1) is 41.1. The highest BCUT2D eigenvalue weighted by Gasteiger charge is 2.12. The van der Waals surface area contributed by atoms with E-state index in [9.17, 15) is 0 Å². The molecule has 2 aromatic rings. The molecule has 292 valence electrons. The number of hydrogen-bond donors (Lipinski definition) is 8. The molecule has 12 nitrogen and oxygen atoms in total. The van der Waals surface area contributed by atoms with Crippen LogP contribution >= 0.6 is 0 Å². The summed E-state index contributed by atoms with van der Waals surface area (Å²) < 4.78 is 0. The van der Waals surface area contributed by atoms with Gasteiger partial charge in [-0.05, 0) is 22.3 Å². The van der Waals surface area contributed by atoms with Crippen LogP contribution < -0.4 is 42.5 Å². The van der Waals surface area contributed by atoms with Gasteiger partial charge in [-0.3, -0.25) is 19.6 Å². The quantitative estimate of drug-likeness (QED) is 0.178. The van der Waals surface area contributed by atoms with Gasteiger partial charge in [0.1, 0.15) is 0 Å². The molecule has 3 heterocycles. The summed E-state index contributed by atoms with van der Waals surface area (Å²) in [4.78, 5) is 10.3. The summed E-state index contributed by atoms with van der Waals surface area (Å²) in [7, 11) is 0. The highest BCUT2D eigenvalue weighted by molar-refractivity contribution is 5.23. The van der Waals surface area contributed by atoms with E-state index >= 15 is 0 Å². The lowest BCUT2D eigenvalue weighted by molar-refractivity contribution is 0.233. The second-order valence-corrected chi connectivity index (χ2v) is 14.7. The molecule has 0 atom stereocenters. The van der Waals surface area contributed by atoms with Crippen molar-refractivity contribution in [2.24, 2.45) is 0 Å². The van der Waals surface area contributed by atoms with Crippen molar-refractivity contribution >= 4 is 0 Å². The van der Waals surface area contributed by atoms with Gasteiger partial charge in [-0.25, -0.2) is 0 Å². The molecule has 0 spiro atoms. The molecule has 0 aliphatic carbocycles. The Morgan fingerprint density at radius 1 is 0.250 bits per heavy atom. The first-order chi connectivity index (χ1) is 25.8. The summed E-state index contributed by atoms with van der Waals surface area (Å²) in [5, 5.41) is 28.8. The normalized spacial score (nSPS) is 22.5. The number of nitrogens with one attached hydrogen (secondary N) is 8. The van der Waals surface area contributed by atoms with Gasteiger partial charge in [0.05, 0.1) is 0 Å². The Balaban J connectivity index is 1.01. The lowest BCUT2D eigenvalue weighted by Crippen LogP contribution is -2.42. The van der Waals surface area contributed by atoms with Crippen LogP contribution in [-0.2, 0) is 26.2 Å². The topological polar surface area (TPSA) is 109 Å². The average molecular weight is 721 g/mol. The van der Waals surface area contributed by atoms with E-state index in [0.29, 0.717) is 0 Å². The molecule has 52 heavy (non-hydrogen) atoms. The summed E-state index contributed by atoms with van der Waals surface area (Å²) in [5.41, 5.74) is 5.62. The fourth-order valence-electron chi connectivity index (χ4n) is 7.22. The van der Waals surface area contributed by atoms with E-state index in [1.807, 2.05) is 0 Å². The third kappa shape index (κ3) is 17.4. The monoisotopic (exact) mass is 721 g/mol. The zero-order chi connectivity index (χ0) is 35.7. The molecule has 5 rings (SSSR count). The number of rotatable bonds is 8. The molecule has 0 unspecified atom stereocenters. The van der Waals surface area contributed by atoms with Crippen LogP contribution in [0.25, 0.3) is 0 Å². The minimum absolute atomic E-state index is 1.00. The van der Waals surface area contributed by atoms with Crippen LogP contribution in [-0.4, -0.2) is 177 Å². The summed E-state index contributed by atoms with van der Waals surface area (Å²) >= 11 is 0. The van der Waals surface area contributed by atoms with Crippen LogP contribution in [0.1, 0.15) is 22.3 Å². The van der Waals surface area contributed by atoms with E-state index in [-0.39, 0.29) is 0 Å². The molecular weight excluding hydrogens is 649 g/mol. The predicted octanol–water partition coefficient (Wildman–Crippen LogP) is -0.648. The second kappa shape index (κ2) is 25.9. The number of benzene rings is 2. The Morgan fingerprint density at radius 2 is 0.404 bits per heavy atom. The van der Waals surface area contributed by atoms with Crippen molar-refractivity contribution in [3.8, 4) is 0 Å². The second-order valence-electron chi connectivity index (χ2n) is 14.7. The SMILES string of the molecule is c1cc(CN2CCNCCN(Cc3ccc(CN4CCNCCNCCNCC4)cc3)CCNCC2)ccc1CN1CCNCCNCCNCC1. The van der Waals surface area contributed by atoms with Gasteiger partial charge in [0, 0.05) is 183 Å². The van der Waals surface area contributed by atoms with E-state index in [4.69, 9.17) is 0 Å². The molecule has 8 N–H and O–H groups in total. The maximum absolute atomic E-state index is 3.75. The predicted molar refractivity (Wildman–Crippen MR) is 217 cm³/mol. The minimum Gasteiger partial charge on any atom is -0.314 e. The van der Waals surface area contributed by atoms with Crippen molar-refractivity contribution in [1.82, 2.24) is 62.1 Å². The molecule has 3 fully saturated rings. The van der Waals surface area contributed by atoms with Gasteiger partial charge >= 0.3 is 0 Å². The van der Waals surface area contributed by atoms with Crippen LogP contribution in [0.15, 0.2) is 48.5 Å². The molecule has 3 aliphatic rings. The average Bonchev–Trinajstić information content (AvgIpc) is 3.14. The van der Waals surface area contributed by atoms with Gasteiger partial charge in [-0.15, -0.1) is 0 Å². The van der Waals surface area contributed by atoms with Gasteiger partial charge in [0.25, 0.3) is 0 Å².